The minimum Gasteiger partial charge on any atom is -0.359 e. The van der Waals surface area contributed by atoms with Crippen LogP contribution in [0.3, 0.4) is 0 Å². The lowest BCUT2D eigenvalue weighted by Gasteiger charge is -2.05. The molecule has 0 aromatic carbocycles. The van der Waals surface area contributed by atoms with E-state index in [2.05, 4.69) is 11.1 Å². The first kappa shape index (κ1) is 6.61. The average Bonchev–Trinajstić information content (AvgIpc) is 2.72. The summed E-state index contributed by atoms with van der Waals surface area (Å²) >= 11 is 0. The molecular weight excluding hydrogens is 150 g/mol. The Labute approximate surface area is 71.6 Å². The highest BCUT2D eigenvalue weighted by atomic mass is 16.6. The van der Waals surface area contributed by atoms with Crippen LogP contribution in [0.2, 0.25) is 0 Å². The molecule has 0 unspecified atom stereocenters. The molecule has 1 aromatic heterocycles. The topological polar surface area (TPSA) is 25.4 Å². The fourth-order valence-electron chi connectivity index (χ4n) is 2.25. The Morgan fingerprint density at radius 3 is 3.08 bits per heavy atom. The van der Waals surface area contributed by atoms with Gasteiger partial charge in [0, 0.05) is 6.20 Å². The van der Waals surface area contributed by atoms with Crippen LogP contribution in [0, 0.1) is 0 Å². The van der Waals surface area contributed by atoms with Gasteiger partial charge in [0.15, 0.2) is 0 Å². The van der Waals surface area contributed by atoms with Crippen LogP contribution in [-0.2, 0) is 10.3 Å². The van der Waals surface area contributed by atoms with E-state index in [4.69, 9.17) is 4.74 Å². The minimum absolute atomic E-state index is 0.0429. The van der Waals surface area contributed by atoms with Gasteiger partial charge in [0.05, 0.1) is 11.8 Å². The molecule has 12 heavy (non-hydrogen) atoms. The van der Waals surface area contributed by atoms with Crippen LogP contribution in [0.25, 0.3) is 0 Å². The summed E-state index contributed by atoms with van der Waals surface area (Å²) in [6.07, 6.45) is 6.00. The summed E-state index contributed by atoms with van der Waals surface area (Å²) in [6, 6.07) is 6.06. The zero-order chi connectivity index (χ0) is 8.02. The van der Waals surface area contributed by atoms with Crippen LogP contribution in [-0.4, -0.2) is 11.1 Å². The first-order valence-electron chi connectivity index (χ1n) is 4.51. The normalized spacial score (nSPS) is 37.8. The fourth-order valence-corrected chi connectivity index (χ4v) is 2.25. The SMILES string of the molecule is c1ccc([C@]23CCC[C@@H]2O3)nc1. The van der Waals surface area contributed by atoms with Crippen molar-refractivity contribution in [1.82, 2.24) is 4.98 Å². The molecule has 0 bridgehead atoms. The number of pyridine rings is 1. The Morgan fingerprint density at radius 1 is 1.50 bits per heavy atom. The second-order valence-corrected chi connectivity index (χ2v) is 3.60. The van der Waals surface area contributed by atoms with E-state index in [1.165, 1.54) is 12.8 Å². The molecule has 2 fully saturated rings. The average molecular weight is 161 g/mol. The predicted octanol–water partition coefficient (Wildman–Crippen LogP) is 1.86. The van der Waals surface area contributed by atoms with E-state index in [-0.39, 0.29) is 5.60 Å². The van der Waals surface area contributed by atoms with Crippen molar-refractivity contribution in [2.75, 3.05) is 0 Å². The molecule has 3 rings (SSSR count). The summed E-state index contributed by atoms with van der Waals surface area (Å²) in [5.74, 6) is 0. The zero-order valence-corrected chi connectivity index (χ0v) is 6.86. The van der Waals surface area contributed by atoms with Crippen LogP contribution >= 0.6 is 0 Å². The summed E-state index contributed by atoms with van der Waals surface area (Å²) in [6.45, 7) is 0. The first-order valence-corrected chi connectivity index (χ1v) is 4.51. The lowest BCUT2D eigenvalue weighted by molar-refractivity contribution is 0.249. The quantitative estimate of drug-likeness (QED) is 0.587. The van der Waals surface area contributed by atoms with Gasteiger partial charge in [0.1, 0.15) is 5.60 Å². The molecule has 2 aliphatic rings. The number of hydrogen-bond donors (Lipinski definition) is 0. The van der Waals surface area contributed by atoms with Crippen molar-refractivity contribution in [3.05, 3.63) is 30.1 Å². The van der Waals surface area contributed by atoms with Crippen LogP contribution < -0.4 is 0 Å². The highest BCUT2D eigenvalue weighted by molar-refractivity contribution is 5.24. The molecule has 1 saturated heterocycles. The van der Waals surface area contributed by atoms with Crippen molar-refractivity contribution in [1.29, 1.82) is 0 Å². The van der Waals surface area contributed by atoms with Gasteiger partial charge in [-0.3, -0.25) is 4.98 Å². The summed E-state index contributed by atoms with van der Waals surface area (Å²) in [7, 11) is 0. The molecule has 2 atom stereocenters. The Bertz CT molecular complexity index is 298. The van der Waals surface area contributed by atoms with Gasteiger partial charge in [-0.15, -0.1) is 0 Å². The Kier molecular flexibility index (Phi) is 1.14. The number of rotatable bonds is 1. The van der Waals surface area contributed by atoms with Crippen LogP contribution in [0.15, 0.2) is 24.4 Å². The highest BCUT2D eigenvalue weighted by Gasteiger charge is 2.61. The van der Waals surface area contributed by atoms with E-state index >= 15 is 0 Å². The molecule has 0 N–H and O–H groups in total. The maximum Gasteiger partial charge on any atom is 0.136 e. The van der Waals surface area contributed by atoms with Gasteiger partial charge >= 0.3 is 0 Å². The number of aromatic nitrogens is 1. The van der Waals surface area contributed by atoms with Gasteiger partial charge in [-0.2, -0.15) is 0 Å². The molecular formula is C10H11NO. The number of epoxide rings is 1. The molecule has 2 heteroatoms. The van der Waals surface area contributed by atoms with E-state index < -0.39 is 0 Å². The van der Waals surface area contributed by atoms with Gasteiger partial charge in [-0.25, -0.2) is 0 Å². The number of nitrogens with zero attached hydrogens (tertiary/aromatic N) is 1. The van der Waals surface area contributed by atoms with Crippen LogP contribution in [0.5, 0.6) is 0 Å². The van der Waals surface area contributed by atoms with Crippen molar-refractivity contribution in [2.24, 2.45) is 0 Å². The third-order valence-corrected chi connectivity index (χ3v) is 2.93. The lowest BCUT2D eigenvalue weighted by Crippen LogP contribution is -2.08. The van der Waals surface area contributed by atoms with Crippen LogP contribution in [0.1, 0.15) is 25.0 Å². The Hall–Kier alpha value is -0.890. The molecule has 62 valence electrons. The number of fused-ring (bicyclic) bond motifs is 1. The largest absolute Gasteiger partial charge is 0.359 e. The van der Waals surface area contributed by atoms with Gasteiger partial charge in [0.25, 0.3) is 0 Å². The summed E-state index contributed by atoms with van der Waals surface area (Å²) in [5, 5.41) is 0. The summed E-state index contributed by atoms with van der Waals surface area (Å²) in [4.78, 5) is 4.35. The summed E-state index contributed by atoms with van der Waals surface area (Å²) < 4.78 is 5.66. The van der Waals surface area contributed by atoms with Crippen molar-refractivity contribution in [3.63, 3.8) is 0 Å². The zero-order valence-electron chi connectivity index (χ0n) is 6.86. The van der Waals surface area contributed by atoms with E-state index in [1.807, 2.05) is 18.3 Å². The van der Waals surface area contributed by atoms with Gasteiger partial charge < -0.3 is 4.74 Å². The van der Waals surface area contributed by atoms with E-state index in [9.17, 15) is 0 Å². The molecule has 1 saturated carbocycles. The molecule has 2 nitrogen and oxygen atoms in total. The van der Waals surface area contributed by atoms with Crippen molar-refractivity contribution >= 4 is 0 Å². The fraction of sp³-hybridized carbons (Fsp3) is 0.500. The Balaban J connectivity index is 2.00. The van der Waals surface area contributed by atoms with Gasteiger partial charge in [-0.05, 0) is 31.4 Å². The standard InChI is InChI=1S/C10H11NO/c1-2-7-11-8(4-1)10-6-3-5-9(10)12-10/h1-2,4,7,9H,3,5-6H2/t9-,10+/m0/s1. The summed E-state index contributed by atoms with van der Waals surface area (Å²) in [5.41, 5.74) is 1.17. The second-order valence-electron chi connectivity index (χ2n) is 3.60. The highest BCUT2D eigenvalue weighted by Crippen LogP contribution is 2.56. The molecule has 1 aliphatic heterocycles. The number of hydrogen-bond acceptors (Lipinski definition) is 2. The van der Waals surface area contributed by atoms with E-state index in [0.29, 0.717) is 6.10 Å². The first-order chi connectivity index (χ1) is 5.92. The van der Waals surface area contributed by atoms with Crippen molar-refractivity contribution in [2.45, 2.75) is 31.0 Å². The third kappa shape index (κ3) is 0.707. The molecule has 0 spiro atoms. The molecule has 0 radical (unpaired) electrons. The van der Waals surface area contributed by atoms with Crippen LogP contribution in [0.4, 0.5) is 0 Å². The smallest absolute Gasteiger partial charge is 0.136 e. The van der Waals surface area contributed by atoms with Crippen molar-refractivity contribution in [3.8, 4) is 0 Å². The minimum atomic E-state index is 0.0429. The molecule has 2 heterocycles. The maximum atomic E-state index is 5.66. The van der Waals surface area contributed by atoms with Crippen molar-refractivity contribution < 1.29 is 4.74 Å². The predicted molar refractivity (Wildman–Crippen MR) is 44.6 cm³/mol. The second kappa shape index (κ2) is 2.07. The maximum absolute atomic E-state index is 5.66. The molecule has 0 amide bonds. The Morgan fingerprint density at radius 2 is 2.50 bits per heavy atom. The third-order valence-electron chi connectivity index (χ3n) is 2.93. The molecule has 1 aromatic rings. The monoisotopic (exact) mass is 161 g/mol. The van der Waals surface area contributed by atoms with Gasteiger partial charge in [0.2, 0.25) is 0 Å². The number of ether oxygens (including phenoxy) is 1. The molecule has 1 aliphatic carbocycles. The van der Waals surface area contributed by atoms with E-state index in [1.54, 1.807) is 0 Å². The van der Waals surface area contributed by atoms with E-state index in [0.717, 1.165) is 12.1 Å². The van der Waals surface area contributed by atoms with Gasteiger partial charge in [-0.1, -0.05) is 6.07 Å². The lowest BCUT2D eigenvalue weighted by atomic mass is 10.0.